The van der Waals surface area contributed by atoms with Gasteiger partial charge in [-0.25, -0.2) is 4.98 Å². The number of rotatable bonds is 8. The van der Waals surface area contributed by atoms with Crippen LogP contribution in [0, 0.1) is 94.4 Å². The van der Waals surface area contributed by atoms with Crippen LogP contribution in [0.2, 0.25) is 0 Å². The van der Waals surface area contributed by atoms with Gasteiger partial charge in [0.05, 0.1) is 44.8 Å². The third-order valence-electron chi connectivity index (χ3n) is 17.2. The first-order chi connectivity index (χ1) is 39.5. The predicted molar refractivity (Wildman–Crippen MR) is 347 cm³/mol. The standard InChI is InChI=1S/C78H66N4/c1-44-29-48(5)75(49(6)30-44)57-21-25-69-62(37-57)63-38-58(76-50(7)31-45(2)32-51(76)8)22-26-70(63)81(69)73-41-61(68-20-16-19-67(80-68)56-17-14-13-15-18-56)42-74(66(73)43-79)82-71-27-23-59(77-52(9)33-46(3)34-53(77)10)39-64(71)65-40-60(24-28-72(65)82)78-54(11)35-47(4)36-55(78)12/h13-42H,1-12H3. The van der Waals surface area contributed by atoms with Gasteiger partial charge in [0.1, 0.15) is 11.6 Å². The molecule has 0 amide bonds. The quantitative estimate of drug-likeness (QED) is 0.152. The zero-order valence-electron chi connectivity index (χ0n) is 49.1. The Hall–Kier alpha value is -9.56. The monoisotopic (exact) mass is 1060 g/mol. The lowest BCUT2D eigenvalue weighted by atomic mass is 9.91. The van der Waals surface area contributed by atoms with Gasteiger partial charge in [-0.15, -0.1) is 0 Å². The molecule has 3 heterocycles. The highest BCUT2D eigenvalue weighted by molar-refractivity contribution is 6.14. The number of nitrogens with zero attached hydrogens (tertiary/aromatic N) is 4. The van der Waals surface area contributed by atoms with Gasteiger partial charge in [-0.1, -0.05) is 131 Å². The lowest BCUT2D eigenvalue weighted by Gasteiger charge is -2.19. The largest absolute Gasteiger partial charge is 0.308 e. The average Bonchev–Trinajstić information content (AvgIpc) is 2.93. The number of pyridine rings is 1. The minimum atomic E-state index is 0.563. The molecule has 0 spiro atoms. The molecule has 0 N–H and O–H groups in total. The van der Waals surface area contributed by atoms with Gasteiger partial charge < -0.3 is 9.13 Å². The summed E-state index contributed by atoms with van der Waals surface area (Å²) in [6.45, 7) is 26.5. The second-order valence-electron chi connectivity index (χ2n) is 23.5. The molecule has 13 aromatic rings. The molecule has 3 aromatic heterocycles. The summed E-state index contributed by atoms with van der Waals surface area (Å²) in [4.78, 5) is 5.43. The van der Waals surface area contributed by atoms with Crippen LogP contribution < -0.4 is 0 Å². The van der Waals surface area contributed by atoms with Gasteiger partial charge in [0, 0.05) is 32.7 Å². The molecule has 0 fully saturated rings. The molecule has 0 unspecified atom stereocenters. The average molecular weight is 1060 g/mol. The van der Waals surface area contributed by atoms with Crippen LogP contribution in [0.25, 0.3) is 122 Å². The van der Waals surface area contributed by atoms with Crippen molar-refractivity contribution in [3.8, 4) is 84.5 Å². The van der Waals surface area contributed by atoms with Crippen LogP contribution in [0.1, 0.15) is 72.3 Å². The first-order valence-electron chi connectivity index (χ1n) is 28.6. The van der Waals surface area contributed by atoms with Crippen molar-refractivity contribution in [3.05, 3.63) is 254 Å². The Morgan fingerprint density at radius 3 is 0.878 bits per heavy atom. The van der Waals surface area contributed by atoms with Gasteiger partial charge in [0.25, 0.3) is 0 Å². The van der Waals surface area contributed by atoms with Crippen LogP contribution in [0.4, 0.5) is 0 Å². The number of hydrogen-bond acceptors (Lipinski definition) is 2. The predicted octanol–water partition coefficient (Wildman–Crippen LogP) is 20.9. The lowest BCUT2D eigenvalue weighted by molar-refractivity contribution is 1.12. The summed E-state index contributed by atoms with van der Waals surface area (Å²) < 4.78 is 4.70. The molecule has 0 saturated heterocycles. The van der Waals surface area contributed by atoms with E-state index in [9.17, 15) is 5.26 Å². The van der Waals surface area contributed by atoms with Gasteiger partial charge >= 0.3 is 0 Å². The van der Waals surface area contributed by atoms with Crippen LogP contribution >= 0.6 is 0 Å². The van der Waals surface area contributed by atoms with Gasteiger partial charge in [0.15, 0.2) is 0 Å². The molecule has 0 bridgehead atoms. The van der Waals surface area contributed by atoms with Crippen LogP contribution in [0.3, 0.4) is 0 Å². The highest BCUT2D eigenvalue weighted by atomic mass is 15.0. The Bertz CT molecular complexity index is 4300. The summed E-state index contributed by atoms with van der Waals surface area (Å²) in [5.74, 6) is 0. The normalized spacial score (nSPS) is 11.6. The maximum atomic E-state index is 12.2. The topological polar surface area (TPSA) is 46.5 Å². The first-order valence-corrected chi connectivity index (χ1v) is 28.6. The third kappa shape index (κ3) is 8.63. The Morgan fingerprint density at radius 2 is 0.585 bits per heavy atom. The molecule has 82 heavy (non-hydrogen) atoms. The molecule has 0 aliphatic carbocycles. The Balaban J connectivity index is 1.15. The molecule has 4 nitrogen and oxygen atoms in total. The van der Waals surface area contributed by atoms with E-state index in [1.54, 1.807) is 0 Å². The van der Waals surface area contributed by atoms with E-state index < -0.39 is 0 Å². The van der Waals surface area contributed by atoms with Crippen molar-refractivity contribution in [2.45, 2.75) is 83.1 Å². The fourth-order valence-electron chi connectivity index (χ4n) is 14.3. The molecule has 0 radical (unpaired) electrons. The Labute approximate surface area is 482 Å². The Kier molecular flexibility index (Phi) is 12.6. The Morgan fingerprint density at radius 1 is 0.293 bits per heavy atom. The van der Waals surface area contributed by atoms with E-state index in [0.29, 0.717) is 5.56 Å². The van der Waals surface area contributed by atoms with Crippen molar-refractivity contribution < 1.29 is 0 Å². The van der Waals surface area contributed by atoms with E-state index >= 15 is 0 Å². The van der Waals surface area contributed by atoms with E-state index in [1.165, 1.54) is 111 Å². The fraction of sp³-hybridized carbons (Fsp3) is 0.154. The molecule has 4 heteroatoms. The van der Waals surface area contributed by atoms with E-state index in [2.05, 4.69) is 274 Å². The molecular weight excluding hydrogens is 993 g/mol. The van der Waals surface area contributed by atoms with Crippen LogP contribution in [-0.2, 0) is 0 Å². The van der Waals surface area contributed by atoms with E-state index in [4.69, 9.17) is 4.98 Å². The number of aromatic nitrogens is 3. The van der Waals surface area contributed by atoms with Crippen LogP contribution in [-0.4, -0.2) is 14.1 Å². The fourth-order valence-corrected chi connectivity index (χ4v) is 14.3. The zero-order chi connectivity index (χ0) is 57.0. The minimum absolute atomic E-state index is 0.563. The van der Waals surface area contributed by atoms with Crippen molar-refractivity contribution in [2.75, 3.05) is 0 Å². The number of hydrogen-bond donors (Lipinski definition) is 0. The maximum Gasteiger partial charge on any atom is 0.104 e. The highest BCUT2D eigenvalue weighted by Gasteiger charge is 2.26. The maximum absolute atomic E-state index is 12.2. The minimum Gasteiger partial charge on any atom is -0.308 e. The third-order valence-corrected chi connectivity index (χ3v) is 17.2. The van der Waals surface area contributed by atoms with Crippen LogP contribution in [0.15, 0.2) is 182 Å². The number of nitriles is 1. The van der Waals surface area contributed by atoms with Crippen molar-refractivity contribution in [1.29, 1.82) is 5.26 Å². The molecular formula is C78H66N4. The summed E-state index contributed by atoms with van der Waals surface area (Å²) >= 11 is 0. The van der Waals surface area contributed by atoms with Crippen molar-refractivity contribution in [3.63, 3.8) is 0 Å². The first kappa shape index (κ1) is 51.9. The summed E-state index contributed by atoms with van der Waals surface area (Å²) in [6, 6.07) is 70.0. The van der Waals surface area contributed by atoms with E-state index in [-0.39, 0.29) is 0 Å². The van der Waals surface area contributed by atoms with E-state index in [0.717, 1.165) is 77.5 Å². The molecule has 398 valence electrons. The molecule has 0 aliphatic heterocycles. The number of aryl methyl sites for hydroxylation is 12. The highest BCUT2D eigenvalue weighted by Crippen LogP contribution is 2.45. The van der Waals surface area contributed by atoms with E-state index in [1.807, 2.05) is 6.07 Å². The number of benzene rings is 10. The summed E-state index contributed by atoms with van der Waals surface area (Å²) in [6.07, 6.45) is 0. The second-order valence-corrected chi connectivity index (χ2v) is 23.5. The molecule has 10 aromatic carbocycles. The molecule has 0 aliphatic rings. The van der Waals surface area contributed by atoms with Gasteiger partial charge in [-0.2, -0.15) is 5.26 Å². The lowest BCUT2D eigenvalue weighted by Crippen LogP contribution is -2.06. The smallest absolute Gasteiger partial charge is 0.104 e. The SMILES string of the molecule is Cc1cc(C)c(-c2ccc3c(c2)c2cc(-c4c(C)cc(C)cc4C)ccc2n3-c2cc(-c3cccc(-c4ccccc4)n3)cc(-n3c4ccc(-c5c(C)cc(C)cc5C)cc4c4cc(-c5c(C)cc(C)cc5C)ccc43)c2C#N)c(C)c1. The van der Waals surface area contributed by atoms with Crippen molar-refractivity contribution in [2.24, 2.45) is 0 Å². The van der Waals surface area contributed by atoms with Crippen molar-refractivity contribution in [1.82, 2.24) is 14.1 Å². The zero-order valence-corrected chi connectivity index (χ0v) is 49.1. The van der Waals surface area contributed by atoms with Crippen molar-refractivity contribution >= 4 is 43.6 Å². The summed E-state index contributed by atoms with van der Waals surface area (Å²) in [5.41, 5.74) is 34.5. The van der Waals surface area contributed by atoms with Gasteiger partial charge in [0.2, 0.25) is 0 Å². The van der Waals surface area contributed by atoms with Crippen LogP contribution in [0.5, 0.6) is 0 Å². The van der Waals surface area contributed by atoms with Gasteiger partial charge in [-0.3, -0.25) is 0 Å². The number of fused-ring (bicyclic) bond motifs is 6. The second kappa shape index (κ2) is 19.9. The molecule has 13 rings (SSSR count). The molecule has 0 saturated carbocycles. The molecule has 0 atom stereocenters. The van der Waals surface area contributed by atoms with Gasteiger partial charge in [-0.05, 0) is 245 Å². The summed E-state index contributed by atoms with van der Waals surface area (Å²) in [5, 5.41) is 16.6. The summed E-state index contributed by atoms with van der Waals surface area (Å²) in [7, 11) is 0.